The number of rotatable bonds is 8. The third kappa shape index (κ3) is 4.62. The number of hydrogen-bond donors (Lipinski definition) is 0. The minimum atomic E-state index is -0.0295. The molecule has 1 aromatic rings. The Labute approximate surface area is 150 Å². The summed E-state index contributed by atoms with van der Waals surface area (Å²) in [4.78, 5) is 0. The van der Waals surface area contributed by atoms with Gasteiger partial charge in [0.25, 0.3) is 0 Å². The number of nitrogens with zero attached hydrogens (tertiary/aromatic N) is 3. The second kappa shape index (κ2) is 8.64. The molecule has 2 aliphatic rings. The van der Waals surface area contributed by atoms with E-state index >= 15 is 0 Å². The maximum atomic E-state index is 5.90. The van der Waals surface area contributed by atoms with Crippen molar-refractivity contribution in [2.24, 2.45) is 0 Å². The molecule has 2 fully saturated rings. The topological polar surface area (TPSA) is 76.9 Å². The molecule has 8 nitrogen and oxygen atoms in total. The Morgan fingerprint density at radius 1 is 1.16 bits per heavy atom. The summed E-state index contributed by atoms with van der Waals surface area (Å²) in [6.07, 6.45) is 3.85. The zero-order valence-electron chi connectivity index (χ0n) is 15.5. The Bertz CT molecular complexity index is 549. The van der Waals surface area contributed by atoms with E-state index in [1.165, 1.54) is 0 Å². The summed E-state index contributed by atoms with van der Waals surface area (Å²) in [6.45, 7) is 1.39. The summed E-state index contributed by atoms with van der Waals surface area (Å²) >= 11 is 0. The van der Waals surface area contributed by atoms with Crippen LogP contribution in [-0.2, 0) is 30.4 Å². The number of ether oxygens (including phenoxy) is 5. The molecule has 0 bridgehead atoms. The summed E-state index contributed by atoms with van der Waals surface area (Å²) in [5.74, 6) is 0.209. The van der Waals surface area contributed by atoms with Crippen molar-refractivity contribution >= 4 is 15.7 Å². The van der Waals surface area contributed by atoms with Crippen LogP contribution in [0.3, 0.4) is 0 Å². The van der Waals surface area contributed by atoms with Crippen LogP contribution in [0.25, 0.3) is 0 Å². The first kappa shape index (κ1) is 18.8. The van der Waals surface area contributed by atoms with Crippen molar-refractivity contribution in [3.8, 4) is 0 Å². The molecule has 0 spiro atoms. The summed E-state index contributed by atoms with van der Waals surface area (Å²) in [5, 5.41) is 8.47. The highest BCUT2D eigenvalue weighted by Crippen LogP contribution is 2.33. The maximum absolute atomic E-state index is 5.90. The van der Waals surface area contributed by atoms with Gasteiger partial charge >= 0.3 is 0 Å². The predicted octanol–water partition coefficient (Wildman–Crippen LogP) is -1.51. The predicted molar refractivity (Wildman–Crippen MR) is 95.0 cm³/mol. The normalized spacial score (nSPS) is 35.4. The van der Waals surface area contributed by atoms with E-state index in [2.05, 4.69) is 26.0 Å². The molecule has 0 aliphatic carbocycles. The molecule has 10 heteroatoms. The van der Waals surface area contributed by atoms with Gasteiger partial charge in [0.2, 0.25) is 0 Å². The summed E-state index contributed by atoms with van der Waals surface area (Å²) < 4.78 is 29.9. The van der Waals surface area contributed by atoms with Crippen molar-refractivity contribution in [1.29, 1.82) is 0 Å². The van der Waals surface area contributed by atoms with Gasteiger partial charge in [0.15, 0.2) is 0 Å². The molecule has 0 saturated carbocycles. The summed E-state index contributed by atoms with van der Waals surface area (Å²) in [7, 11) is 7.53. The fourth-order valence-corrected chi connectivity index (χ4v) is 3.71. The molecule has 0 unspecified atom stereocenters. The molecule has 1 aromatic heterocycles. The standard InChI is InChI=1S/C15H27B2N3O5/c1-21-6-12-9(3-14(16)24-12)10-5-20(19-18-10)8-23-7-13-11(22-2)4-15(17)25-13/h5,9,11-15H,3-4,6-8,16-17H2,1-2H3/t9-,11+,12+,13+,14+,15+/m0/s1. The zero-order valence-corrected chi connectivity index (χ0v) is 15.5. The van der Waals surface area contributed by atoms with E-state index < -0.39 is 0 Å². The zero-order chi connectivity index (χ0) is 17.8. The quantitative estimate of drug-likeness (QED) is 0.528. The lowest BCUT2D eigenvalue weighted by molar-refractivity contribution is -0.0589. The maximum Gasteiger partial charge on any atom is 0.141 e. The van der Waals surface area contributed by atoms with Gasteiger partial charge in [0.1, 0.15) is 28.5 Å². The Balaban J connectivity index is 1.50. The van der Waals surface area contributed by atoms with Crippen molar-refractivity contribution in [3.63, 3.8) is 0 Å². The molecule has 0 radical (unpaired) electrons. The van der Waals surface area contributed by atoms with E-state index in [0.717, 1.165) is 18.5 Å². The lowest BCUT2D eigenvalue weighted by Gasteiger charge is -2.17. The molecular weight excluding hydrogens is 324 g/mol. The molecule has 3 rings (SSSR count). The highest BCUT2D eigenvalue weighted by Gasteiger charge is 2.36. The average molecular weight is 351 g/mol. The first-order valence-electron chi connectivity index (χ1n) is 8.91. The molecule has 3 heterocycles. The van der Waals surface area contributed by atoms with Crippen molar-refractivity contribution in [2.45, 2.75) is 55.8 Å². The molecule has 0 amide bonds. The van der Waals surface area contributed by atoms with E-state index in [0.29, 0.717) is 19.9 Å². The Hall–Kier alpha value is -0.930. The summed E-state index contributed by atoms with van der Waals surface area (Å²) in [6, 6.07) is 0.414. The van der Waals surface area contributed by atoms with Crippen LogP contribution < -0.4 is 0 Å². The minimum absolute atomic E-state index is 0.0295. The van der Waals surface area contributed by atoms with Gasteiger partial charge < -0.3 is 23.7 Å². The Morgan fingerprint density at radius 3 is 2.68 bits per heavy atom. The molecule has 2 aliphatic heterocycles. The second-order valence-corrected chi connectivity index (χ2v) is 6.96. The number of aromatic nitrogens is 3. The molecule has 25 heavy (non-hydrogen) atoms. The van der Waals surface area contributed by atoms with Crippen molar-refractivity contribution in [2.75, 3.05) is 27.4 Å². The highest BCUT2D eigenvalue weighted by molar-refractivity contribution is 6.11. The van der Waals surface area contributed by atoms with Gasteiger partial charge in [0.05, 0.1) is 37.3 Å². The van der Waals surface area contributed by atoms with E-state index in [9.17, 15) is 0 Å². The third-order valence-corrected chi connectivity index (χ3v) is 4.90. The Kier molecular flexibility index (Phi) is 6.51. The number of hydrogen-bond acceptors (Lipinski definition) is 7. The monoisotopic (exact) mass is 351 g/mol. The molecule has 138 valence electrons. The lowest BCUT2D eigenvalue weighted by Crippen LogP contribution is -2.28. The van der Waals surface area contributed by atoms with Gasteiger partial charge in [-0.25, -0.2) is 4.68 Å². The molecule has 0 aromatic carbocycles. The van der Waals surface area contributed by atoms with Crippen molar-refractivity contribution in [3.05, 3.63) is 11.9 Å². The minimum Gasteiger partial charge on any atom is -0.382 e. The van der Waals surface area contributed by atoms with Crippen LogP contribution in [0.5, 0.6) is 0 Å². The summed E-state index contributed by atoms with van der Waals surface area (Å²) in [5.41, 5.74) is 0.926. The average Bonchev–Trinajstić information content (AvgIpc) is 3.27. The van der Waals surface area contributed by atoms with E-state index in [4.69, 9.17) is 23.7 Å². The molecule has 2 saturated heterocycles. The fourth-order valence-electron chi connectivity index (χ4n) is 3.71. The van der Waals surface area contributed by atoms with Crippen LogP contribution in [0.15, 0.2) is 6.20 Å². The highest BCUT2D eigenvalue weighted by atomic mass is 16.6. The second-order valence-electron chi connectivity index (χ2n) is 6.96. The van der Waals surface area contributed by atoms with Crippen LogP contribution in [-0.4, -0.2) is 88.4 Å². The lowest BCUT2D eigenvalue weighted by atomic mass is 9.89. The van der Waals surface area contributed by atoms with Crippen molar-refractivity contribution < 1.29 is 23.7 Å². The van der Waals surface area contributed by atoms with Crippen molar-refractivity contribution in [1.82, 2.24) is 15.0 Å². The molecule has 6 atom stereocenters. The number of methoxy groups -OCH3 is 2. The van der Waals surface area contributed by atoms with E-state index in [1.54, 1.807) is 18.9 Å². The van der Waals surface area contributed by atoms with Gasteiger partial charge in [0, 0.05) is 32.1 Å². The van der Waals surface area contributed by atoms with Crippen LogP contribution in [0.2, 0.25) is 0 Å². The smallest absolute Gasteiger partial charge is 0.141 e. The third-order valence-electron chi connectivity index (χ3n) is 4.90. The van der Waals surface area contributed by atoms with Gasteiger partial charge in [-0.2, -0.15) is 0 Å². The van der Waals surface area contributed by atoms with Crippen LogP contribution in [0.1, 0.15) is 24.5 Å². The van der Waals surface area contributed by atoms with Crippen LogP contribution >= 0.6 is 0 Å². The fraction of sp³-hybridized carbons (Fsp3) is 0.867. The first-order valence-corrected chi connectivity index (χ1v) is 8.91. The SMILES string of the molecule is B[C@H]1C[C@@H](OC)[C@@H](COCn2cc([C@@H]3C[C@H](B)O[C@@H]3COC)nn2)O1. The first-order chi connectivity index (χ1) is 12.1. The van der Waals surface area contributed by atoms with Gasteiger partial charge in [-0.05, 0) is 12.8 Å². The largest absolute Gasteiger partial charge is 0.382 e. The van der Waals surface area contributed by atoms with Gasteiger partial charge in [-0.1, -0.05) is 5.21 Å². The van der Waals surface area contributed by atoms with Gasteiger partial charge in [-0.15, -0.1) is 5.10 Å². The van der Waals surface area contributed by atoms with Gasteiger partial charge in [-0.3, -0.25) is 0 Å². The molecule has 0 N–H and O–H groups in total. The Morgan fingerprint density at radius 2 is 1.92 bits per heavy atom. The molecular formula is C15H27B2N3O5. The van der Waals surface area contributed by atoms with Crippen LogP contribution in [0, 0.1) is 0 Å². The van der Waals surface area contributed by atoms with Crippen LogP contribution in [0.4, 0.5) is 0 Å². The van der Waals surface area contributed by atoms with E-state index in [-0.39, 0.29) is 36.2 Å². The van der Waals surface area contributed by atoms with E-state index in [1.807, 2.05) is 6.20 Å².